The molecule has 0 fully saturated rings. The standard InChI is InChI=1S/C12H7BrF3NO2/c13-8(6-18)9-10(7-4-2-1-3-5-7)17-19-11(9)12(14,15)16/h1-6,8H. The molecule has 1 aromatic heterocycles. The minimum absolute atomic E-state index is 0.00176. The van der Waals surface area contributed by atoms with E-state index in [4.69, 9.17) is 0 Å². The second kappa shape index (κ2) is 5.16. The Morgan fingerprint density at radius 1 is 1.26 bits per heavy atom. The Kier molecular flexibility index (Phi) is 3.75. The Balaban J connectivity index is 2.63. The van der Waals surface area contributed by atoms with Crippen LogP contribution in [-0.2, 0) is 11.0 Å². The van der Waals surface area contributed by atoms with E-state index in [1.54, 1.807) is 30.3 Å². The number of hydrogen-bond donors (Lipinski definition) is 0. The monoisotopic (exact) mass is 333 g/mol. The fraction of sp³-hybridized carbons (Fsp3) is 0.167. The largest absolute Gasteiger partial charge is 0.452 e. The summed E-state index contributed by atoms with van der Waals surface area (Å²) in [5.41, 5.74) is 0.138. The molecule has 0 radical (unpaired) electrons. The Bertz CT molecular complexity index is 580. The number of nitrogens with zero attached hydrogens (tertiary/aromatic N) is 1. The lowest BCUT2D eigenvalue weighted by atomic mass is 10.0. The predicted molar refractivity (Wildman–Crippen MR) is 64.7 cm³/mol. The normalized spacial score (nSPS) is 13.3. The van der Waals surface area contributed by atoms with E-state index in [0.717, 1.165) is 0 Å². The van der Waals surface area contributed by atoms with Crippen molar-refractivity contribution in [1.29, 1.82) is 0 Å². The first-order valence-electron chi connectivity index (χ1n) is 5.16. The highest BCUT2D eigenvalue weighted by Crippen LogP contribution is 2.41. The molecule has 7 heteroatoms. The molecule has 1 atom stereocenters. The first-order valence-corrected chi connectivity index (χ1v) is 6.08. The quantitative estimate of drug-likeness (QED) is 0.630. The van der Waals surface area contributed by atoms with Gasteiger partial charge in [-0.1, -0.05) is 51.4 Å². The van der Waals surface area contributed by atoms with Crippen molar-refractivity contribution in [3.63, 3.8) is 0 Å². The van der Waals surface area contributed by atoms with Crippen LogP contribution >= 0.6 is 15.9 Å². The van der Waals surface area contributed by atoms with Gasteiger partial charge in [0.15, 0.2) is 0 Å². The number of rotatable bonds is 3. The molecule has 100 valence electrons. The van der Waals surface area contributed by atoms with E-state index in [2.05, 4.69) is 25.6 Å². The average molecular weight is 334 g/mol. The number of aldehydes is 1. The van der Waals surface area contributed by atoms with E-state index >= 15 is 0 Å². The number of aromatic nitrogens is 1. The molecule has 0 aliphatic rings. The van der Waals surface area contributed by atoms with Gasteiger partial charge in [0.05, 0.1) is 5.56 Å². The summed E-state index contributed by atoms with van der Waals surface area (Å²) in [5, 5.41) is 3.44. The molecule has 0 saturated heterocycles. The van der Waals surface area contributed by atoms with Gasteiger partial charge >= 0.3 is 6.18 Å². The fourth-order valence-corrected chi connectivity index (χ4v) is 2.05. The highest BCUT2D eigenvalue weighted by atomic mass is 79.9. The number of halogens is 4. The van der Waals surface area contributed by atoms with Crippen molar-refractivity contribution in [2.45, 2.75) is 11.0 Å². The minimum Gasteiger partial charge on any atom is -0.351 e. The average Bonchev–Trinajstić information content (AvgIpc) is 2.83. The molecular formula is C12H7BrF3NO2. The molecule has 2 rings (SSSR count). The van der Waals surface area contributed by atoms with Crippen LogP contribution in [0.4, 0.5) is 13.2 Å². The molecule has 1 unspecified atom stereocenters. The molecule has 0 bridgehead atoms. The Hall–Kier alpha value is -1.63. The van der Waals surface area contributed by atoms with E-state index in [9.17, 15) is 18.0 Å². The van der Waals surface area contributed by atoms with Crippen molar-refractivity contribution in [2.75, 3.05) is 0 Å². The second-order valence-electron chi connectivity index (χ2n) is 3.68. The number of carbonyl (C=O) groups excluding carboxylic acids is 1. The van der Waals surface area contributed by atoms with Crippen molar-refractivity contribution in [1.82, 2.24) is 5.16 Å². The summed E-state index contributed by atoms with van der Waals surface area (Å²) in [5.74, 6) is -1.26. The van der Waals surface area contributed by atoms with Crippen LogP contribution in [0.1, 0.15) is 16.2 Å². The van der Waals surface area contributed by atoms with Gasteiger partial charge < -0.3 is 9.32 Å². The molecule has 19 heavy (non-hydrogen) atoms. The van der Waals surface area contributed by atoms with Crippen LogP contribution in [0.2, 0.25) is 0 Å². The van der Waals surface area contributed by atoms with Gasteiger partial charge in [-0.05, 0) is 0 Å². The molecule has 3 nitrogen and oxygen atoms in total. The maximum atomic E-state index is 12.8. The SMILES string of the molecule is O=CC(Br)c1c(-c2ccccc2)noc1C(F)(F)F. The maximum absolute atomic E-state index is 12.8. The van der Waals surface area contributed by atoms with E-state index in [0.29, 0.717) is 11.8 Å². The number of alkyl halides is 4. The molecule has 0 aliphatic carbocycles. The summed E-state index contributed by atoms with van der Waals surface area (Å²) in [4.78, 5) is 9.65. The summed E-state index contributed by atoms with van der Waals surface area (Å²) in [7, 11) is 0. The Morgan fingerprint density at radius 3 is 2.42 bits per heavy atom. The number of benzene rings is 1. The highest BCUT2D eigenvalue weighted by molar-refractivity contribution is 9.09. The van der Waals surface area contributed by atoms with Gasteiger partial charge in [0.1, 0.15) is 16.8 Å². The van der Waals surface area contributed by atoms with Crippen LogP contribution in [0, 0.1) is 0 Å². The maximum Gasteiger partial charge on any atom is 0.452 e. The van der Waals surface area contributed by atoms with Crippen molar-refractivity contribution in [3.05, 3.63) is 41.7 Å². The third-order valence-electron chi connectivity index (χ3n) is 2.43. The van der Waals surface area contributed by atoms with E-state index in [1.165, 1.54) is 0 Å². The minimum atomic E-state index is -4.70. The van der Waals surface area contributed by atoms with Gasteiger partial charge in [-0.25, -0.2) is 0 Å². The first kappa shape index (κ1) is 13.8. The summed E-state index contributed by atoms with van der Waals surface area (Å²) in [6.07, 6.45) is -4.35. The third kappa shape index (κ3) is 2.70. The van der Waals surface area contributed by atoms with E-state index < -0.39 is 16.8 Å². The lowest BCUT2D eigenvalue weighted by Gasteiger charge is -2.07. The van der Waals surface area contributed by atoms with Gasteiger partial charge in [-0.3, -0.25) is 0 Å². The van der Waals surface area contributed by atoms with Crippen LogP contribution in [0.25, 0.3) is 11.3 Å². The van der Waals surface area contributed by atoms with Gasteiger partial charge in [-0.2, -0.15) is 13.2 Å². The van der Waals surface area contributed by atoms with Crippen molar-refractivity contribution >= 4 is 22.2 Å². The summed E-state index contributed by atoms with van der Waals surface area (Å²) >= 11 is 2.89. The van der Waals surface area contributed by atoms with E-state index in [1.807, 2.05) is 0 Å². The highest BCUT2D eigenvalue weighted by Gasteiger charge is 2.42. The first-order chi connectivity index (χ1) is 8.95. The molecule has 0 spiro atoms. The van der Waals surface area contributed by atoms with Crippen LogP contribution in [0.3, 0.4) is 0 Å². The van der Waals surface area contributed by atoms with Crippen molar-refractivity contribution in [2.24, 2.45) is 0 Å². The van der Waals surface area contributed by atoms with Gasteiger partial charge in [0.25, 0.3) is 0 Å². The third-order valence-corrected chi connectivity index (χ3v) is 3.10. The van der Waals surface area contributed by atoms with Gasteiger partial charge in [0, 0.05) is 5.56 Å². The lowest BCUT2D eigenvalue weighted by molar-refractivity contribution is -0.156. The molecule has 0 saturated carbocycles. The molecule has 2 aromatic rings. The predicted octanol–water partition coefficient (Wildman–Crippen LogP) is 4.00. The number of hydrogen-bond acceptors (Lipinski definition) is 3. The summed E-state index contributed by atoms with van der Waals surface area (Å²) in [6, 6.07) is 8.22. The van der Waals surface area contributed by atoms with Gasteiger partial charge in [0.2, 0.25) is 5.76 Å². The zero-order valence-electron chi connectivity index (χ0n) is 9.32. The molecular weight excluding hydrogens is 327 g/mol. The Labute approximate surface area is 114 Å². The van der Waals surface area contributed by atoms with Crippen LogP contribution in [-0.4, -0.2) is 11.4 Å². The van der Waals surface area contributed by atoms with Crippen LogP contribution < -0.4 is 0 Å². The molecule has 1 heterocycles. The summed E-state index contributed by atoms with van der Waals surface area (Å²) in [6.45, 7) is 0. The van der Waals surface area contributed by atoms with Crippen molar-refractivity contribution in [3.8, 4) is 11.3 Å². The fourth-order valence-electron chi connectivity index (χ4n) is 1.63. The van der Waals surface area contributed by atoms with Crippen LogP contribution in [0.5, 0.6) is 0 Å². The topological polar surface area (TPSA) is 43.1 Å². The molecule has 0 N–H and O–H groups in total. The van der Waals surface area contributed by atoms with Crippen LogP contribution in [0.15, 0.2) is 34.9 Å². The molecule has 0 aliphatic heterocycles. The zero-order valence-corrected chi connectivity index (χ0v) is 10.9. The zero-order chi connectivity index (χ0) is 14.0. The lowest BCUT2D eigenvalue weighted by Crippen LogP contribution is -2.08. The van der Waals surface area contributed by atoms with Gasteiger partial charge in [-0.15, -0.1) is 0 Å². The molecule has 0 amide bonds. The molecule has 1 aromatic carbocycles. The van der Waals surface area contributed by atoms with Crippen molar-refractivity contribution < 1.29 is 22.5 Å². The Morgan fingerprint density at radius 2 is 1.89 bits per heavy atom. The number of carbonyl (C=O) groups is 1. The summed E-state index contributed by atoms with van der Waals surface area (Å²) < 4.78 is 42.8. The second-order valence-corrected chi connectivity index (χ2v) is 4.66. The smallest absolute Gasteiger partial charge is 0.351 e. The van der Waals surface area contributed by atoms with E-state index in [-0.39, 0.29) is 11.3 Å².